The highest BCUT2D eigenvalue weighted by Crippen LogP contribution is 2.24. The fourth-order valence-electron chi connectivity index (χ4n) is 2.58. The summed E-state index contributed by atoms with van der Waals surface area (Å²) in [5.74, 6) is -1.56. The van der Waals surface area contributed by atoms with Gasteiger partial charge in [-0.2, -0.15) is 4.37 Å². The van der Waals surface area contributed by atoms with E-state index in [4.69, 9.17) is 0 Å². The zero-order chi connectivity index (χ0) is 18.3. The van der Waals surface area contributed by atoms with Crippen LogP contribution in [0.25, 0.3) is 21.6 Å². The molecule has 9 heteroatoms. The van der Waals surface area contributed by atoms with Gasteiger partial charge in [0.15, 0.2) is 0 Å². The van der Waals surface area contributed by atoms with Crippen LogP contribution in [0.15, 0.2) is 52.2 Å². The highest BCUT2D eigenvalue weighted by Gasteiger charge is 2.17. The topological polar surface area (TPSA) is 80.6 Å². The second-order valence-corrected chi connectivity index (χ2v) is 6.28. The van der Waals surface area contributed by atoms with E-state index in [1.165, 1.54) is 6.07 Å². The first-order valence-corrected chi connectivity index (χ1v) is 8.30. The predicted octanol–water partition coefficient (Wildman–Crippen LogP) is 2.53. The molecular weight excluding hydrogens is 362 g/mol. The van der Waals surface area contributed by atoms with Crippen molar-refractivity contribution < 1.29 is 8.78 Å². The Hall–Kier alpha value is -3.20. The van der Waals surface area contributed by atoms with Gasteiger partial charge in [-0.3, -0.25) is 14.3 Å². The summed E-state index contributed by atoms with van der Waals surface area (Å²) in [4.78, 5) is 31.8. The van der Waals surface area contributed by atoms with Gasteiger partial charge in [0.1, 0.15) is 22.0 Å². The number of halogens is 2. The lowest BCUT2D eigenvalue weighted by atomic mass is 10.2. The number of H-pyrrole nitrogens is 1. The Morgan fingerprint density at radius 2 is 2.00 bits per heavy atom. The quantitative estimate of drug-likeness (QED) is 0.599. The van der Waals surface area contributed by atoms with Gasteiger partial charge in [0.25, 0.3) is 5.56 Å². The number of fused-ring (bicyclic) bond motifs is 1. The molecule has 26 heavy (non-hydrogen) atoms. The Labute approximate surface area is 148 Å². The molecule has 0 aliphatic carbocycles. The molecule has 4 rings (SSSR count). The molecule has 3 aromatic heterocycles. The third kappa shape index (κ3) is 2.72. The third-order valence-electron chi connectivity index (χ3n) is 3.86. The van der Waals surface area contributed by atoms with Crippen LogP contribution in [0.1, 0.15) is 5.56 Å². The Morgan fingerprint density at radius 1 is 1.15 bits per heavy atom. The SMILES string of the molecule is O=c1[nH]c2c(-c3ccccn3)nsc2c(=O)n1Cc1ccc(F)cc1F. The number of nitrogens with one attached hydrogen (secondary N) is 1. The molecule has 4 aromatic rings. The molecular formula is C17H10F2N4O2S. The van der Waals surface area contributed by atoms with Crippen LogP contribution in [0.3, 0.4) is 0 Å². The van der Waals surface area contributed by atoms with Crippen LogP contribution in [0.5, 0.6) is 0 Å². The van der Waals surface area contributed by atoms with Gasteiger partial charge in [-0.1, -0.05) is 12.1 Å². The van der Waals surface area contributed by atoms with Gasteiger partial charge in [0.05, 0.1) is 17.8 Å². The number of benzene rings is 1. The van der Waals surface area contributed by atoms with E-state index >= 15 is 0 Å². The van der Waals surface area contributed by atoms with Crippen LogP contribution in [0, 0.1) is 11.6 Å². The first-order valence-electron chi connectivity index (χ1n) is 7.52. The Balaban J connectivity index is 1.86. The number of aromatic amines is 1. The number of pyridine rings is 1. The van der Waals surface area contributed by atoms with Crippen molar-refractivity contribution in [3.05, 3.63) is 80.6 Å². The van der Waals surface area contributed by atoms with Crippen LogP contribution < -0.4 is 11.2 Å². The van der Waals surface area contributed by atoms with E-state index < -0.39 is 22.9 Å². The Bertz CT molecular complexity index is 1230. The van der Waals surface area contributed by atoms with Crippen LogP contribution >= 0.6 is 11.5 Å². The summed E-state index contributed by atoms with van der Waals surface area (Å²) >= 11 is 0.928. The number of hydrogen-bond acceptors (Lipinski definition) is 5. The number of aromatic nitrogens is 4. The second-order valence-electron chi connectivity index (χ2n) is 5.51. The van der Waals surface area contributed by atoms with E-state index in [0.29, 0.717) is 23.0 Å². The van der Waals surface area contributed by atoms with Gasteiger partial charge in [0.2, 0.25) is 0 Å². The van der Waals surface area contributed by atoms with E-state index in [2.05, 4.69) is 14.3 Å². The molecule has 0 spiro atoms. The van der Waals surface area contributed by atoms with Crippen LogP contribution in [-0.2, 0) is 6.54 Å². The minimum absolute atomic E-state index is 0.0350. The van der Waals surface area contributed by atoms with Crippen molar-refractivity contribution in [2.24, 2.45) is 0 Å². The van der Waals surface area contributed by atoms with Crippen LogP contribution in [0.2, 0.25) is 0 Å². The highest BCUT2D eigenvalue weighted by atomic mass is 32.1. The number of nitrogens with zero attached hydrogens (tertiary/aromatic N) is 3. The summed E-state index contributed by atoms with van der Waals surface area (Å²) in [7, 11) is 0. The zero-order valence-corrected chi connectivity index (χ0v) is 13.9. The molecule has 0 bridgehead atoms. The van der Waals surface area contributed by atoms with Gasteiger partial charge in [-0.05, 0) is 29.7 Å². The van der Waals surface area contributed by atoms with Crippen LogP contribution in [-0.4, -0.2) is 18.9 Å². The van der Waals surface area contributed by atoms with Crippen molar-refractivity contribution in [2.75, 3.05) is 0 Å². The fraction of sp³-hybridized carbons (Fsp3) is 0.0588. The molecule has 0 unspecified atom stereocenters. The number of rotatable bonds is 3. The molecule has 0 fully saturated rings. The van der Waals surface area contributed by atoms with E-state index in [-0.39, 0.29) is 16.8 Å². The first kappa shape index (κ1) is 16.3. The lowest BCUT2D eigenvalue weighted by molar-refractivity contribution is 0.561. The second kappa shape index (κ2) is 6.26. The monoisotopic (exact) mass is 372 g/mol. The highest BCUT2D eigenvalue weighted by molar-refractivity contribution is 7.13. The summed E-state index contributed by atoms with van der Waals surface area (Å²) in [6.07, 6.45) is 1.58. The maximum atomic E-state index is 13.9. The van der Waals surface area contributed by atoms with Gasteiger partial charge in [-0.25, -0.2) is 13.6 Å². The molecule has 130 valence electrons. The Morgan fingerprint density at radius 3 is 2.73 bits per heavy atom. The van der Waals surface area contributed by atoms with Gasteiger partial charge < -0.3 is 4.98 Å². The summed E-state index contributed by atoms with van der Waals surface area (Å²) in [5, 5.41) is 0. The average Bonchev–Trinajstić information content (AvgIpc) is 3.05. The standard InChI is InChI=1S/C17H10F2N4O2S/c18-10-5-4-9(11(19)7-10)8-23-16(24)15-14(21-17(23)25)13(22-26-15)12-3-1-2-6-20-12/h1-7H,8H2,(H,21,25). The molecule has 0 saturated carbocycles. The molecule has 1 aromatic carbocycles. The predicted molar refractivity (Wildman–Crippen MR) is 93.2 cm³/mol. The van der Waals surface area contributed by atoms with Crippen molar-refractivity contribution in [2.45, 2.75) is 6.54 Å². The molecule has 1 N–H and O–H groups in total. The van der Waals surface area contributed by atoms with Crippen molar-refractivity contribution in [1.82, 2.24) is 18.9 Å². The van der Waals surface area contributed by atoms with Crippen LogP contribution in [0.4, 0.5) is 8.78 Å². The summed E-state index contributed by atoms with van der Waals surface area (Å²) < 4.78 is 32.2. The largest absolute Gasteiger partial charge is 0.329 e. The molecule has 0 amide bonds. The molecule has 0 atom stereocenters. The van der Waals surface area contributed by atoms with Crippen molar-refractivity contribution in [3.8, 4) is 11.4 Å². The zero-order valence-electron chi connectivity index (χ0n) is 13.1. The molecule has 0 saturated heterocycles. The van der Waals surface area contributed by atoms with Crippen molar-refractivity contribution in [1.29, 1.82) is 0 Å². The smallest absolute Gasteiger partial charge is 0.304 e. The minimum Gasteiger partial charge on any atom is -0.304 e. The van der Waals surface area contributed by atoms with Gasteiger partial charge >= 0.3 is 5.69 Å². The number of hydrogen-bond donors (Lipinski definition) is 1. The molecule has 0 aliphatic heterocycles. The van der Waals surface area contributed by atoms with Gasteiger partial charge in [0, 0.05) is 17.8 Å². The lowest BCUT2D eigenvalue weighted by Crippen LogP contribution is -2.35. The first-order chi connectivity index (χ1) is 12.5. The van der Waals surface area contributed by atoms with Crippen molar-refractivity contribution >= 4 is 21.7 Å². The molecule has 3 heterocycles. The maximum absolute atomic E-state index is 13.9. The lowest BCUT2D eigenvalue weighted by Gasteiger charge is -2.06. The average molecular weight is 372 g/mol. The third-order valence-corrected chi connectivity index (χ3v) is 4.69. The van der Waals surface area contributed by atoms with E-state index in [0.717, 1.165) is 22.2 Å². The van der Waals surface area contributed by atoms with Gasteiger partial charge in [-0.15, -0.1) is 0 Å². The van der Waals surface area contributed by atoms with E-state index in [9.17, 15) is 18.4 Å². The molecule has 0 radical (unpaired) electrons. The van der Waals surface area contributed by atoms with E-state index in [1.807, 2.05) is 0 Å². The Kier molecular flexibility index (Phi) is 3.92. The molecule has 6 nitrogen and oxygen atoms in total. The minimum atomic E-state index is -0.824. The normalized spacial score (nSPS) is 11.2. The summed E-state index contributed by atoms with van der Waals surface area (Å²) in [6, 6.07) is 8.20. The van der Waals surface area contributed by atoms with Crippen molar-refractivity contribution in [3.63, 3.8) is 0 Å². The fourth-order valence-corrected chi connectivity index (χ4v) is 3.38. The molecule has 0 aliphatic rings. The summed E-state index contributed by atoms with van der Waals surface area (Å²) in [5.41, 5.74) is -0.0425. The van der Waals surface area contributed by atoms with E-state index in [1.54, 1.807) is 24.4 Å². The maximum Gasteiger partial charge on any atom is 0.329 e. The summed E-state index contributed by atoms with van der Waals surface area (Å²) in [6.45, 7) is -0.312.